The minimum Gasteiger partial charge on any atom is -0.493 e. The van der Waals surface area contributed by atoms with Crippen molar-refractivity contribution in [2.24, 2.45) is 0 Å². The lowest BCUT2D eigenvalue weighted by molar-refractivity contribution is -0.123. The summed E-state index contributed by atoms with van der Waals surface area (Å²) in [5.74, 6) is -0.131. The Balaban J connectivity index is 1.57. The summed E-state index contributed by atoms with van der Waals surface area (Å²) in [4.78, 5) is 27.0. The van der Waals surface area contributed by atoms with Crippen molar-refractivity contribution < 1.29 is 28.5 Å². The van der Waals surface area contributed by atoms with Crippen LogP contribution in [0.25, 0.3) is 0 Å². The third-order valence-electron chi connectivity index (χ3n) is 4.78. The third-order valence-corrected chi connectivity index (χ3v) is 4.78. The van der Waals surface area contributed by atoms with Crippen molar-refractivity contribution in [1.82, 2.24) is 0 Å². The molecule has 0 unspecified atom stereocenters. The molecule has 2 aromatic carbocycles. The fraction of sp³-hybridized carbons (Fsp3) is 0.364. The number of morpholine rings is 1. The van der Waals surface area contributed by atoms with Crippen LogP contribution in [0, 0.1) is 0 Å². The van der Waals surface area contributed by atoms with E-state index in [4.69, 9.17) is 18.9 Å². The molecule has 0 aromatic heterocycles. The van der Waals surface area contributed by atoms with Gasteiger partial charge in [-0.15, -0.1) is 0 Å². The Bertz CT molecular complexity index is 878. The molecule has 1 heterocycles. The largest absolute Gasteiger partial charge is 0.493 e. The van der Waals surface area contributed by atoms with Crippen LogP contribution in [0.1, 0.15) is 17.3 Å². The number of hydrogen-bond donors (Lipinski definition) is 1. The van der Waals surface area contributed by atoms with Crippen LogP contribution in [0.15, 0.2) is 42.5 Å². The van der Waals surface area contributed by atoms with E-state index >= 15 is 0 Å². The van der Waals surface area contributed by atoms with Crippen LogP contribution in [0.5, 0.6) is 11.5 Å². The molecule has 1 N–H and O–H groups in total. The van der Waals surface area contributed by atoms with Gasteiger partial charge in [0.25, 0.3) is 5.91 Å². The fourth-order valence-electron chi connectivity index (χ4n) is 3.07. The maximum atomic E-state index is 12.4. The van der Waals surface area contributed by atoms with Gasteiger partial charge in [-0.3, -0.25) is 4.79 Å². The van der Waals surface area contributed by atoms with Gasteiger partial charge in [-0.2, -0.15) is 0 Å². The molecule has 8 heteroatoms. The highest BCUT2D eigenvalue weighted by molar-refractivity contribution is 5.97. The summed E-state index contributed by atoms with van der Waals surface area (Å²) in [7, 11) is 2.99. The Hall–Kier alpha value is -3.26. The van der Waals surface area contributed by atoms with Crippen molar-refractivity contribution in [1.29, 1.82) is 0 Å². The van der Waals surface area contributed by atoms with Crippen molar-refractivity contribution in [3.8, 4) is 11.5 Å². The van der Waals surface area contributed by atoms with Gasteiger partial charge in [0.1, 0.15) is 0 Å². The lowest BCUT2D eigenvalue weighted by Gasteiger charge is -2.28. The van der Waals surface area contributed by atoms with Crippen LogP contribution in [0.2, 0.25) is 0 Å². The third kappa shape index (κ3) is 5.21. The van der Waals surface area contributed by atoms with Gasteiger partial charge in [0.15, 0.2) is 17.6 Å². The average molecular weight is 414 g/mol. The Morgan fingerprint density at radius 3 is 2.30 bits per heavy atom. The summed E-state index contributed by atoms with van der Waals surface area (Å²) in [6.45, 7) is 4.63. The molecule has 0 bridgehead atoms. The lowest BCUT2D eigenvalue weighted by atomic mass is 10.2. The molecule has 1 aliphatic rings. The monoisotopic (exact) mass is 414 g/mol. The Labute approximate surface area is 175 Å². The van der Waals surface area contributed by atoms with Gasteiger partial charge in [-0.05, 0) is 49.4 Å². The predicted octanol–water partition coefficient (Wildman–Crippen LogP) is 2.72. The first kappa shape index (κ1) is 21.4. The van der Waals surface area contributed by atoms with E-state index in [1.807, 2.05) is 24.3 Å². The summed E-state index contributed by atoms with van der Waals surface area (Å²) < 4.78 is 21.0. The lowest BCUT2D eigenvalue weighted by Crippen LogP contribution is -2.36. The Kier molecular flexibility index (Phi) is 7.13. The highest BCUT2D eigenvalue weighted by Gasteiger charge is 2.20. The van der Waals surface area contributed by atoms with Crippen LogP contribution in [0.4, 0.5) is 11.4 Å². The van der Waals surface area contributed by atoms with Crippen LogP contribution in [-0.4, -0.2) is 58.5 Å². The number of carbonyl (C=O) groups excluding carboxylic acids is 2. The second kappa shape index (κ2) is 9.98. The Morgan fingerprint density at radius 1 is 1.00 bits per heavy atom. The van der Waals surface area contributed by atoms with Crippen LogP contribution in [-0.2, 0) is 14.3 Å². The van der Waals surface area contributed by atoms with Crippen LogP contribution >= 0.6 is 0 Å². The number of benzene rings is 2. The van der Waals surface area contributed by atoms with Gasteiger partial charge < -0.3 is 29.2 Å². The molecule has 30 heavy (non-hydrogen) atoms. The van der Waals surface area contributed by atoms with Gasteiger partial charge in [-0.1, -0.05) is 0 Å². The maximum absolute atomic E-state index is 12.4. The number of methoxy groups -OCH3 is 2. The number of carbonyl (C=O) groups is 2. The highest BCUT2D eigenvalue weighted by Crippen LogP contribution is 2.28. The molecular formula is C22H26N2O6. The molecular weight excluding hydrogens is 388 g/mol. The summed E-state index contributed by atoms with van der Waals surface area (Å²) in [5.41, 5.74) is 1.97. The minimum absolute atomic E-state index is 0.266. The first-order chi connectivity index (χ1) is 14.5. The van der Waals surface area contributed by atoms with E-state index in [-0.39, 0.29) is 5.56 Å². The SMILES string of the molecule is COc1ccc(C(=O)O[C@H](C)C(=O)Nc2ccc(N3CCOCC3)cc2)cc1OC. The topological polar surface area (TPSA) is 86.3 Å². The van der Waals surface area contributed by atoms with Crippen molar-refractivity contribution in [2.45, 2.75) is 13.0 Å². The molecule has 0 radical (unpaired) electrons. The quantitative estimate of drug-likeness (QED) is 0.697. The maximum Gasteiger partial charge on any atom is 0.339 e. The van der Waals surface area contributed by atoms with E-state index in [0.29, 0.717) is 30.4 Å². The molecule has 3 rings (SSSR count). The number of amides is 1. The number of nitrogens with zero attached hydrogens (tertiary/aromatic N) is 1. The molecule has 1 saturated heterocycles. The number of anilines is 2. The van der Waals surface area contributed by atoms with E-state index in [0.717, 1.165) is 18.8 Å². The van der Waals surface area contributed by atoms with Crippen molar-refractivity contribution in [3.63, 3.8) is 0 Å². The second-order valence-electron chi connectivity index (χ2n) is 6.75. The molecule has 0 saturated carbocycles. The molecule has 1 aliphatic heterocycles. The zero-order chi connectivity index (χ0) is 21.5. The Morgan fingerprint density at radius 2 is 1.67 bits per heavy atom. The van der Waals surface area contributed by atoms with E-state index in [9.17, 15) is 9.59 Å². The predicted molar refractivity (Wildman–Crippen MR) is 113 cm³/mol. The van der Waals surface area contributed by atoms with Gasteiger partial charge in [0.2, 0.25) is 0 Å². The summed E-state index contributed by atoms with van der Waals surface area (Å²) >= 11 is 0. The summed E-state index contributed by atoms with van der Waals surface area (Å²) in [6.07, 6.45) is -0.968. The average Bonchev–Trinajstić information content (AvgIpc) is 2.79. The summed E-state index contributed by atoms with van der Waals surface area (Å²) in [6, 6.07) is 12.2. The standard InChI is InChI=1S/C22H26N2O6/c1-15(30-22(26)16-4-9-19(27-2)20(14-16)28-3)21(25)23-17-5-7-18(8-6-17)24-10-12-29-13-11-24/h4-9,14-15H,10-13H2,1-3H3,(H,23,25)/t15-/m1/s1. The molecule has 1 fully saturated rings. The van der Waals surface area contributed by atoms with Crippen molar-refractivity contribution in [3.05, 3.63) is 48.0 Å². The van der Waals surface area contributed by atoms with E-state index < -0.39 is 18.0 Å². The van der Waals surface area contributed by atoms with E-state index in [1.165, 1.54) is 27.2 Å². The van der Waals surface area contributed by atoms with Gasteiger partial charge >= 0.3 is 5.97 Å². The van der Waals surface area contributed by atoms with Crippen molar-refractivity contribution >= 4 is 23.3 Å². The molecule has 160 valence electrons. The van der Waals surface area contributed by atoms with Gasteiger partial charge in [0, 0.05) is 24.5 Å². The summed E-state index contributed by atoms with van der Waals surface area (Å²) in [5, 5.41) is 2.77. The van der Waals surface area contributed by atoms with Crippen LogP contribution < -0.4 is 19.7 Å². The molecule has 8 nitrogen and oxygen atoms in total. The zero-order valence-electron chi connectivity index (χ0n) is 17.3. The molecule has 0 aliphatic carbocycles. The normalized spacial score (nSPS) is 14.6. The second-order valence-corrected chi connectivity index (χ2v) is 6.75. The molecule has 1 atom stereocenters. The van der Waals surface area contributed by atoms with E-state index in [2.05, 4.69) is 10.2 Å². The zero-order valence-corrected chi connectivity index (χ0v) is 17.3. The fourth-order valence-corrected chi connectivity index (χ4v) is 3.07. The number of nitrogens with one attached hydrogen (secondary N) is 1. The van der Waals surface area contributed by atoms with Gasteiger partial charge in [-0.25, -0.2) is 4.79 Å². The number of hydrogen-bond acceptors (Lipinski definition) is 7. The molecule has 2 aromatic rings. The number of rotatable bonds is 7. The van der Waals surface area contributed by atoms with E-state index in [1.54, 1.807) is 12.1 Å². The minimum atomic E-state index is -0.968. The van der Waals surface area contributed by atoms with Crippen molar-refractivity contribution in [2.75, 3.05) is 50.7 Å². The highest BCUT2D eigenvalue weighted by atomic mass is 16.5. The number of ether oxygens (including phenoxy) is 4. The number of esters is 1. The first-order valence-corrected chi connectivity index (χ1v) is 9.68. The van der Waals surface area contributed by atoms with Gasteiger partial charge in [0.05, 0.1) is 33.0 Å². The van der Waals surface area contributed by atoms with Crippen LogP contribution in [0.3, 0.4) is 0 Å². The molecule has 0 spiro atoms. The molecule has 1 amide bonds. The first-order valence-electron chi connectivity index (χ1n) is 9.68. The smallest absolute Gasteiger partial charge is 0.339 e.